The molecule has 3 aromatic carbocycles. The van der Waals surface area contributed by atoms with E-state index in [1.807, 2.05) is 6.07 Å². The lowest BCUT2D eigenvalue weighted by molar-refractivity contribution is -0.385. The van der Waals surface area contributed by atoms with E-state index in [1.54, 1.807) is 24.3 Å². The van der Waals surface area contributed by atoms with Gasteiger partial charge in [0.2, 0.25) is 0 Å². The monoisotopic (exact) mass is 545 g/mol. The van der Waals surface area contributed by atoms with Crippen LogP contribution in [0.25, 0.3) is 0 Å². The molecule has 3 atom stereocenters. The van der Waals surface area contributed by atoms with E-state index >= 15 is 0 Å². The molecule has 3 aromatic rings. The Bertz CT molecular complexity index is 1510. The van der Waals surface area contributed by atoms with E-state index in [9.17, 15) is 18.5 Å². The number of anilines is 2. The van der Waals surface area contributed by atoms with E-state index in [1.165, 1.54) is 31.4 Å². The second-order valence-electron chi connectivity index (χ2n) is 8.64. The first-order chi connectivity index (χ1) is 17.2. The van der Waals surface area contributed by atoms with Gasteiger partial charge in [-0.25, -0.2) is 8.42 Å². The van der Waals surface area contributed by atoms with Gasteiger partial charge < -0.3 is 10.1 Å². The molecule has 0 aromatic heterocycles. The molecule has 186 valence electrons. The highest BCUT2D eigenvalue weighted by atomic mass is 35.5. The highest BCUT2D eigenvalue weighted by Crippen LogP contribution is 2.51. The molecule has 0 unspecified atom stereocenters. The molecule has 0 bridgehead atoms. The molecule has 0 amide bonds. The second-order valence-corrected chi connectivity index (χ2v) is 11.2. The lowest BCUT2D eigenvalue weighted by Crippen LogP contribution is -2.29. The molecule has 5 rings (SSSR count). The molecular weight excluding hydrogens is 525 g/mol. The van der Waals surface area contributed by atoms with Gasteiger partial charge in [-0.1, -0.05) is 41.4 Å². The Balaban J connectivity index is 1.50. The quantitative estimate of drug-likeness (QED) is 0.206. The molecule has 8 nitrogen and oxygen atoms in total. The maximum absolute atomic E-state index is 13.2. The minimum atomic E-state index is -3.94. The van der Waals surface area contributed by atoms with Gasteiger partial charge in [0, 0.05) is 22.7 Å². The molecular formula is C25H21Cl2N3O5S. The van der Waals surface area contributed by atoms with Crippen molar-refractivity contribution >= 4 is 50.3 Å². The molecule has 36 heavy (non-hydrogen) atoms. The Morgan fingerprint density at radius 3 is 2.67 bits per heavy atom. The van der Waals surface area contributed by atoms with Crippen molar-refractivity contribution in [3.8, 4) is 5.75 Å². The number of hydrogen-bond donors (Lipinski definition) is 2. The van der Waals surface area contributed by atoms with E-state index < -0.39 is 14.9 Å². The van der Waals surface area contributed by atoms with Crippen molar-refractivity contribution in [3.05, 3.63) is 98.0 Å². The van der Waals surface area contributed by atoms with Crippen LogP contribution in [0.4, 0.5) is 17.1 Å². The third-order valence-corrected chi connectivity index (χ3v) is 8.50. The average molecular weight is 546 g/mol. The fraction of sp³-hybridized carbons (Fsp3) is 0.200. The summed E-state index contributed by atoms with van der Waals surface area (Å²) < 4.78 is 34.0. The normalized spacial score (nSPS) is 20.2. The van der Waals surface area contributed by atoms with Crippen LogP contribution in [0.3, 0.4) is 0 Å². The summed E-state index contributed by atoms with van der Waals surface area (Å²) in [5.41, 5.74) is 2.47. The van der Waals surface area contributed by atoms with Crippen molar-refractivity contribution < 1.29 is 18.1 Å². The third-order valence-electron chi connectivity index (χ3n) is 6.58. The number of nitro benzene ring substituents is 1. The molecule has 0 radical (unpaired) electrons. The summed E-state index contributed by atoms with van der Waals surface area (Å²) in [5.74, 6) is 0.194. The van der Waals surface area contributed by atoms with Crippen molar-refractivity contribution in [2.45, 2.75) is 23.3 Å². The summed E-state index contributed by atoms with van der Waals surface area (Å²) in [6.45, 7) is 0. The molecule has 1 aliphatic heterocycles. The highest BCUT2D eigenvalue weighted by Gasteiger charge is 2.39. The topological polar surface area (TPSA) is 111 Å². The molecule has 1 aliphatic carbocycles. The van der Waals surface area contributed by atoms with E-state index in [-0.39, 0.29) is 44.9 Å². The summed E-state index contributed by atoms with van der Waals surface area (Å²) in [4.78, 5) is 11.2. The van der Waals surface area contributed by atoms with Crippen molar-refractivity contribution in [1.82, 2.24) is 0 Å². The smallest absolute Gasteiger partial charge is 0.311 e. The zero-order valence-corrected chi connectivity index (χ0v) is 21.3. The van der Waals surface area contributed by atoms with Crippen LogP contribution in [0.5, 0.6) is 5.75 Å². The highest BCUT2D eigenvalue weighted by molar-refractivity contribution is 7.92. The van der Waals surface area contributed by atoms with Gasteiger partial charge in [-0.15, -0.1) is 0 Å². The van der Waals surface area contributed by atoms with Crippen molar-refractivity contribution in [2.24, 2.45) is 5.92 Å². The lowest BCUT2D eigenvalue weighted by atomic mass is 9.77. The third kappa shape index (κ3) is 4.38. The standard InChI is InChI=1S/C25H21Cl2N3O5S/c1-35-24-10-5-14(11-23(24)30(31)32)25-18-4-2-3-17(18)19-13-16(7-9-21(19)28-25)36(33,34)29-22-12-15(26)6-8-20(22)27/h2-3,5-13,17-18,25,28-29H,4H2,1H3/t17-,18+,25+/m0/s1. The number of allylic oxidation sites excluding steroid dienone is 2. The molecule has 0 saturated heterocycles. The number of rotatable bonds is 6. The number of nitrogens with one attached hydrogen (secondary N) is 2. The minimum absolute atomic E-state index is 0.0544. The Morgan fingerprint density at radius 2 is 1.92 bits per heavy atom. The lowest BCUT2D eigenvalue weighted by Gasteiger charge is -2.37. The summed E-state index contributed by atoms with van der Waals surface area (Å²) in [5, 5.41) is 15.6. The van der Waals surface area contributed by atoms with Gasteiger partial charge in [-0.3, -0.25) is 14.8 Å². The Labute approximate surface area is 218 Å². The fourth-order valence-corrected chi connectivity index (χ4v) is 6.39. The van der Waals surface area contributed by atoms with Crippen molar-refractivity contribution in [1.29, 1.82) is 0 Å². The van der Waals surface area contributed by atoms with Crippen molar-refractivity contribution in [3.63, 3.8) is 0 Å². The Morgan fingerprint density at radius 1 is 1.11 bits per heavy atom. The van der Waals surface area contributed by atoms with E-state index in [2.05, 4.69) is 22.2 Å². The fourth-order valence-electron chi connectivity index (χ4n) is 4.89. The number of nitrogens with zero attached hydrogens (tertiary/aromatic N) is 1. The zero-order valence-electron chi connectivity index (χ0n) is 18.9. The molecule has 2 aliphatic rings. The molecule has 11 heteroatoms. The summed E-state index contributed by atoms with van der Waals surface area (Å²) in [6, 6.07) is 14.2. The molecule has 0 fully saturated rings. The summed E-state index contributed by atoms with van der Waals surface area (Å²) in [7, 11) is -2.54. The van der Waals surface area contributed by atoms with Gasteiger partial charge in [0.25, 0.3) is 10.0 Å². The maximum Gasteiger partial charge on any atom is 0.311 e. The van der Waals surface area contributed by atoms with E-state index in [0.717, 1.165) is 23.2 Å². The van der Waals surface area contributed by atoms with E-state index in [4.69, 9.17) is 27.9 Å². The van der Waals surface area contributed by atoms with Crippen LogP contribution in [0.2, 0.25) is 10.0 Å². The predicted molar refractivity (Wildman–Crippen MR) is 140 cm³/mol. The van der Waals surface area contributed by atoms with Gasteiger partial charge in [-0.05, 0) is 65.9 Å². The first-order valence-corrected chi connectivity index (χ1v) is 13.3. The van der Waals surface area contributed by atoms with Crippen LogP contribution in [0.15, 0.2) is 71.6 Å². The Kier molecular flexibility index (Phi) is 6.32. The second kappa shape index (κ2) is 9.31. The van der Waals surface area contributed by atoms with Crippen LogP contribution in [0.1, 0.15) is 29.5 Å². The van der Waals surface area contributed by atoms with Crippen LogP contribution in [-0.2, 0) is 10.0 Å². The first-order valence-electron chi connectivity index (χ1n) is 11.1. The number of sulfonamides is 1. The number of benzene rings is 3. The van der Waals surface area contributed by atoms with Crippen LogP contribution >= 0.6 is 23.2 Å². The number of hydrogen-bond acceptors (Lipinski definition) is 6. The Hall–Kier alpha value is -3.27. The molecule has 2 N–H and O–H groups in total. The summed E-state index contributed by atoms with van der Waals surface area (Å²) in [6.07, 6.45) is 4.87. The van der Waals surface area contributed by atoms with Crippen LogP contribution in [0, 0.1) is 16.0 Å². The van der Waals surface area contributed by atoms with E-state index in [0.29, 0.717) is 5.02 Å². The SMILES string of the molecule is COc1ccc([C@H]2Nc3ccc(S(=O)(=O)Nc4cc(Cl)ccc4Cl)cc3[C@H]3C=CC[C@H]32)cc1[N+](=O)[O-]. The number of fused-ring (bicyclic) bond motifs is 3. The van der Waals surface area contributed by atoms with Crippen LogP contribution < -0.4 is 14.8 Å². The van der Waals surface area contributed by atoms with Crippen LogP contribution in [-0.4, -0.2) is 20.5 Å². The number of methoxy groups -OCH3 is 1. The summed E-state index contributed by atoms with van der Waals surface area (Å²) >= 11 is 12.1. The first kappa shape index (κ1) is 24.4. The number of ether oxygens (including phenoxy) is 1. The van der Waals surface area contributed by atoms with Gasteiger partial charge in [0.05, 0.1) is 33.7 Å². The molecule has 1 heterocycles. The maximum atomic E-state index is 13.2. The predicted octanol–water partition coefficient (Wildman–Crippen LogP) is 6.54. The zero-order chi connectivity index (χ0) is 25.6. The average Bonchev–Trinajstić information content (AvgIpc) is 3.35. The van der Waals surface area contributed by atoms with Crippen molar-refractivity contribution in [2.75, 3.05) is 17.1 Å². The molecule has 0 spiro atoms. The number of halogens is 2. The van der Waals surface area contributed by atoms with Gasteiger partial charge in [0.1, 0.15) is 0 Å². The van der Waals surface area contributed by atoms with Gasteiger partial charge in [-0.2, -0.15) is 0 Å². The minimum Gasteiger partial charge on any atom is -0.490 e. The van der Waals surface area contributed by atoms with Gasteiger partial charge in [0.15, 0.2) is 5.75 Å². The number of nitro groups is 1. The molecule has 0 saturated carbocycles. The largest absolute Gasteiger partial charge is 0.490 e. The van der Waals surface area contributed by atoms with Gasteiger partial charge >= 0.3 is 5.69 Å².